The Morgan fingerprint density at radius 2 is 1.94 bits per heavy atom. The van der Waals surface area contributed by atoms with Crippen molar-refractivity contribution >= 4 is 5.97 Å². The van der Waals surface area contributed by atoms with E-state index in [1.54, 1.807) is 0 Å². The van der Waals surface area contributed by atoms with E-state index in [2.05, 4.69) is 0 Å². The second-order valence-electron chi connectivity index (χ2n) is 3.58. The lowest BCUT2D eigenvalue weighted by Gasteiger charge is -2.29. The van der Waals surface area contributed by atoms with Gasteiger partial charge in [0.15, 0.2) is 11.6 Å². The molecule has 100 valence electrons. The summed E-state index contributed by atoms with van der Waals surface area (Å²) in [6.07, 6.45) is -0.439. The molecule has 0 amide bonds. The van der Waals surface area contributed by atoms with Crippen molar-refractivity contribution in [2.75, 3.05) is 21.3 Å². The first-order valence-electron chi connectivity index (χ1n) is 5.15. The summed E-state index contributed by atoms with van der Waals surface area (Å²) in [4.78, 5) is 10.8. The van der Waals surface area contributed by atoms with Gasteiger partial charge in [0.2, 0.25) is 5.79 Å². The molecule has 5 nitrogen and oxygen atoms in total. The van der Waals surface area contributed by atoms with Gasteiger partial charge in [0.1, 0.15) is 6.42 Å². The molecule has 1 aromatic rings. The maximum atomic E-state index is 13.6. The molecule has 0 fully saturated rings. The molecular weight excluding hydrogens is 243 g/mol. The molecule has 0 saturated carbocycles. The largest absolute Gasteiger partial charge is 0.494 e. The van der Waals surface area contributed by atoms with Crippen LogP contribution >= 0.6 is 0 Å². The summed E-state index contributed by atoms with van der Waals surface area (Å²) in [6, 6.07) is 4.02. The van der Waals surface area contributed by atoms with Gasteiger partial charge in [-0.2, -0.15) is 0 Å². The molecule has 0 spiro atoms. The first-order valence-corrected chi connectivity index (χ1v) is 5.15. The number of halogens is 1. The fourth-order valence-corrected chi connectivity index (χ4v) is 1.67. The quantitative estimate of drug-likeness (QED) is 0.787. The minimum atomic E-state index is -1.51. The van der Waals surface area contributed by atoms with Crippen LogP contribution in [-0.4, -0.2) is 32.4 Å². The molecule has 0 bridgehead atoms. The Kier molecular flexibility index (Phi) is 4.63. The topological polar surface area (TPSA) is 65.0 Å². The molecule has 6 heteroatoms. The molecule has 0 radical (unpaired) electrons. The Balaban J connectivity index is 3.21. The van der Waals surface area contributed by atoms with Crippen LogP contribution in [0, 0.1) is 5.82 Å². The average molecular weight is 258 g/mol. The van der Waals surface area contributed by atoms with Crippen LogP contribution in [0.5, 0.6) is 5.75 Å². The van der Waals surface area contributed by atoms with E-state index >= 15 is 0 Å². The highest BCUT2D eigenvalue weighted by Crippen LogP contribution is 2.32. The second-order valence-corrected chi connectivity index (χ2v) is 3.58. The van der Waals surface area contributed by atoms with Crippen molar-refractivity contribution in [1.82, 2.24) is 0 Å². The maximum Gasteiger partial charge on any atom is 0.309 e. The van der Waals surface area contributed by atoms with Gasteiger partial charge < -0.3 is 19.3 Å². The first kappa shape index (κ1) is 14.4. The highest BCUT2D eigenvalue weighted by atomic mass is 19.1. The molecule has 0 heterocycles. The summed E-state index contributed by atoms with van der Waals surface area (Å²) in [5, 5.41) is 8.86. The summed E-state index contributed by atoms with van der Waals surface area (Å²) in [5.74, 6) is -3.18. The van der Waals surface area contributed by atoms with Gasteiger partial charge in [-0.3, -0.25) is 4.79 Å². The Hall–Kier alpha value is -1.66. The first-order chi connectivity index (χ1) is 8.49. The van der Waals surface area contributed by atoms with E-state index in [9.17, 15) is 9.18 Å². The minimum absolute atomic E-state index is 0.0650. The number of methoxy groups -OCH3 is 3. The van der Waals surface area contributed by atoms with E-state index in [0.29, 0.717) is 0 Å². The number of ether oxygens (including phenoxy) is 3. The van der Waals surface area contributed by atoms with Gasteiger partial charge in [-0.25, -0.2) is 4.39 Å². The lowest BCUT2D eigenvalue weighted by molar-refractivity contribution is -0.223. The fraction of sp³-hybridized carbons (Fsp3) is 0.417. The highest BCUT2D eigenvalue weighted by molar-refractivity contribution is 5.68. The lowest BCUT2D eigenvalue weighted by Crippen LogP contribution is -2.33. The van der Waals surface area contributed by atoms with Crippen LogP contribution in [0.3, 0.4) is 0 Å². The highest BCUT2D eigenvalue weighted by Gasteiger charge is 2.35. The predicted molar refractivity (Wildman–Crippen MR) is 60.9 cm³/mol. The average Bonchev–Trinajstić information content (AvgIpc) is 2.35. The van der Waals surface area contributed by atoms with E-state index < -0.39 is 24.0 Å². The molecule has 0 aliphatic rings. The molecule has 0 aromatic heterocycles. The third-order valence-corrected chi connectivity index (χ3v) is 2.64. The predicted octanol–water partition coefficient (Wildman–Crippen LogP) is 1.75. The molecule has 0 unspecified atom stereocenters. The number of rotatable bonds is 6. The Morgan fingerprint density at radius 1 is 1.33 bits per heavy atom. The smallest absolute Gasteiger partial charge is 0.309 e. The van der Waals surface area contributed by atoms with Crippen molar-refractivity contribution in [3.05, 3.63) is 29.6 Å². The summed E-state index contributed by atoms with van der Waals surface area (Å²) in [6.45, 7) is 0. The minimum Gasteiger partial charge on any atom is -0.494 e. The summed E-state index contributed by atoms with van der Waals surface area (Å²) in [5.41, 5.74) is 0.271. The molecular formula is C12H15FO5. The zero-order valence-electron chi connectivity index (χ0n) is 10.4. The zero-order chi connectivity index (χ0) is 13.8. The van der Waals surface area contributed by atoms with Crippen molar-refractivity contribution < 1.29 is 28.5 Å². The van der Waals surface area contributed by atoms with Crippen LogP contribution < -0.4 is 4.74 Å². The van der Waals surface area contributed by atoms with E-state index in [1.807, 2.05) is 0 Å². The van der Waals surface area contributed by atoms with Crippen LogP contribution in [0.1, 0.15) is 12.0 Å². The van der Waals surface area contributed by atoms with Crippen LogP contribution in [-0.2, 0) is 20.1 Å². The normalized spacial score (nSPS) is 11.3. The van der Waals surface area contributed by atoms with E-state index in [0.717, 1.165) is 6.07 Å². The van der Waals surface area contributed by atoms with Crippen molar-refractivity contribution in [3.63, 3.8) is 0 Å². The molecule has 18 heavy (non-hydrogen) atoms. The Labute approximate surface area is 104 Å². The third kappa shape index (κ3) is 2.77. The lowest BCUT2D eigenvalue weighted by atomic mass is 10.0. The molecule has 1 rings (SSSR count). The van der Waals surface area contributed by atoms with Crippen LogP contribution in [0.25, 0.3) is 0 Å². The van der Waals surface area contributed by atoms with Crippen molar-refractivity contribution in [1.29, 1.82) is 0 Å². The number of benzene rings is 1. The monoisotopic (exact) mass is 258 g/mol. The number of hydrogen-bond acceptors (Lipinski definition) is 4. The van der Waals surface area contributed by atoms with Gasteiger partial charge >= 0.3 is 5.97 Å². The van der Waals surface area contributed by atoms with Gasteiger partial charge in [0.05, 0.1) is 7.11 Å². The van der Waals surface area contributed by atoms with E-state index in [1.165, 1.54) is 33.5 Å². The van der Waals surface area contributed by atoms with Gasteiger partial charge in [-0.1, -0.05) is 0 Å². The van der Waals surface area contributed by atoms with E-state index in [4.69, 9.17) is 19.3 Å². The molecule has 1 aromatic carbocycles. The zero-order valence-corrected chi connectivity index (χ0v) is 10.4. The van der Waals surface area contributed by atoms with Gasteiger partial charge in [-0.15, -0.1) is 0 Å². The standard InChI is InChI=1S/C12H15FO5/c1-16-10-5-4-8(6-9(10)13)12(17-2,18-3)7-11(14)15/h4-6H,7H2,1-3H3,(H,14,15). The van der Waals surface area contributed by atoms with Gasteiger partial charge in [0.25, 0.3) is 0 Å². The van der Waals surface area contributed by atoms with E-state index in [-0.39, 0.29) is 11.3 Å². The fourth-order valence-electron chi connectivity index (χ4n) is 1.67. The second kappa shape index (κ2) is 5.79. The van der Waals surface area contributed by atoms with Crippen molar-refractivity contribution in [2.45, 2.75) is 12.2 Å². The van der Waals surface area contributed by atoms with Crippen LogP contribution in [0.15, 0.2) is 18.2 Å². The van der Waals surface area contributed by atoms with Crippen molar-refractivity contribution in [2.24, 2.45) is 0 Å². The number of aliphatic carboxylic acids is 1. The molecule has 0 saturated heterocycles. The van der Waals surface area contributed by atoms with Crippen molar-refractivity contribution in [3.8, 4) is 5.75 Å². The Morgan fingerprint density at radius 3 is 2.33 bits per heavy atom. The molecule has 0 aliphatic heterocycles. The maximum absolute atomic E-state index is 13.6. The SMILES string of the molecule is COc1ccc(C(CC(=O)O)(OC)OC)cc1F. The molecule has 0 aliphatic carbocycles. The summed E-state index contributed by atoms with van der Waals surface area (Å²) < 4.78 is 28.6. The number of hydrogen-bond donors (Lipinski definition) is 1. The third-order valence-electron chi connectivity index (χ3n) is 2.64. The summed E-state index contributed by atoms with van der Waals surface area (Å²) in [7, 11) is 3.94. The van der Waals surface area contributed by atoms with Gasteiger partial charge in [-0.05, 0) is 18.2 Å². The number of carbonyl (C=O) groups is 1. The summed E-state index contributed by atoms with van der Waals surface area (Å²) >= 11 is 0. The Bertz CT molecular complexity index is 428. The molecule has 1 N–H and O–H groups in total. The van der Waals surface area contributed by atoms with Crippen LogP contribution in [0.4, 0.5) is 4.39 Å². The van der Waals surface area contributed by atoms with Gasteiger partial charge in [0, 0.05) is 19.8 Å². The number of carboxylic acid groups (broad SMARTS) is 1. The number of carboxylic acids is 1. The van der Waals surface area contributed by atoms with Crippen LogP contribution in [0.2, 0.25) is 0 Å². The molecule has 0 atom stereocenters.